The zero-order valence-corrected chi connectivity index (χ0v) is 12.0. The molecule has 2 radical (unpaired) electrons. The van der Waals surface area contributed by atoms with Crippen LogP contribution in [0.3, 0.4) is 0 Å². The molecule has 0 aliphatic carbocycles. The van der Waals surface area contributed by atoms with Crippen molar-refractivity contribution in [3.63, 3.8) is 0 Å². The molecule has 0 aromatic carbocycles. The van der Waals surface area contributed by atoms with Crippen molar-refractivity contribution in [2.75, 3.05) is 25.5 Å². The van der Waals surface area contributed by atoms with Gasteiger partial charge in [-0.05, 0) is 33.1 Å². The summed E-state index contributed by atoms with van der Waals surface area (Å²) < 4.78 is 33.1. The van der Waals surface area contributed by atoms with Crippen molar-refractivity contribution in [1.82, 2.24) is 0 Å². The van der Waals surface area contributed by atoms with Crippen molar-refractivity contribution in [3.05, 3.63) is 13.8 Å². The van der Waals surface area contributed by atoms with Gasteiger partial charge >= 0.3 is 15.2 Å². The molecule has 102 valence electrons. The van der Waals surface area contributed by atoms with E-state index in [4.69, 9.17) is 18.8 Å². The highest BCUT2D eigenvalue weighted by atomic mass is 31.2. The van der Waals surface area contributed by atoms with Crippen LogP contribution in [0.25, 0.3) is 0 Å². The third kappa shape index (κ3) is 8.09. The first-order valence-electron chi connectivity index (χ1n) is 5.17. The maximum absolute atomic E-state index is 12.1. The molecule has 0 aliphatic rings. The highest BCUT2D eigenvalue weighted by molar-refractivity contribution is 7.54. The van der Waals surface area contributed by atoms with Crippen molar-refractivity contribution >= 4 is 15.2 Å². The summed E-state index contributed by atoms with van der Waals surface area (Å²) in [6.07, 6.45) is -0.795. The van der Waals surface area contributed by atoms with Crippen molar-refractivity contribution in [1.29, 1.82) is 0 Å². The summed E-state index contributed by atoms with van der Waals surface area (Å²) in [5, 5.41) is 0. The lowest BCUT2D eigenvalue weighted by Gasteiger charge is -2.28. The molecule has 0 amide bonds. The molecule has 0 saturated heterocycles. The summed E-state index contributed by atoms with van der Waals surface area (Å²) in [5.41, 5.74) is -1.31. The predicted octanol–water partition coefficient (Wildman–Crippen LogP) is 2.08. The molecular weight excluding hydrogens is 266 g/mol. The first kappa shape index (κ1) is 17.3. The third-order valence-electron chi connectivity index (χ3n) is 1.72. The molecule has 2 N–H and O–H groups in total. The van der Waals surface area contributed by atoms with Crippen molar-refractivity contribution in [2.24, 2.45) is 5.41 Å². The molecule has 17 heavy (non-hydrogen) atoms. The summed E-state index contributed by atoms with van der Waals surface area (Å²) in [5.74, 6) is 0. The van der Waals surface area contributed by atoms with Crippen LogP contribution in [0.2, 0.25) is 0 Å². The van der Waals surface area contributed by atoms with E-state index in [9.17, 15) is 9.13 Å². The SMILES string of the molecule is [CH2]C([CH2])(CP(=O)(O)O)CP(=O)(OCC)OCC. The van der Waals surface area contributed by atoms with Crippen molar-refractivity contribution in [3.8, 4) is 0 Å². The average Bonchev–Trinajstić information content (AvgIpc) is 1.96. The Kier molecular flexibility index (Phi) is 6.58. The molecule has 0 bridgehead atoms. The van der Waals surface area contributed by atoms with Crippen LogP contribution in [0.5, 0.6) is 0 Å². The molecule has 0 saturated carbocycles. The van der Waals surface area contributed by atoms with Gasteiger partial charge in [0.15, 0.2) is 0 Å². The van der Waals surface area contributed by atoms with Gasteiger partial charge in [-0.25, -0.2) is 0 Å². The Morgan fingerprint density at radius 3 is 1.76 bits per heavy atom. The minimum atomic E-state index is -4.27. The second kappa shape index (κ2) is 6.46. The molecule has 6 nitrogen and oxygen atoms in total. The summed E-state index contributed by atoms with van der Waals surface area (Å²) in [6.45, 7) is 10.8. The standard InChI is InChI=1S/C9H20O6P2/c1-5-14-17(13,15-6-2)8-9(3,4)7-16(10,11)12/h3-8H2,1-2H3,(H2,10,11,12). The van der Waals surface area contributed by atoms with Gasteiger partial charge in [-0.15, -0.1) is 0 Å². The first-order chi connectivity index (χ1) is 7.54. The van der Waals surface area contributed by atoms with Crippen LogP contribution >= 0.6 is 15.2 Å². The molecule has 0 atom stereocenters. The van der Waals surface area contributed by atoms with Gasteiger partial charge in [0.2, 0.25) is 0 Å². The summed E-state index contributed by atoms with van der Waals surface area (Å²) in [4.78, 5) is 17.7. The first-order valence-corrected chi connectivity index (χ1v) is 8.69. The molecule has 0 spiro atoms. The van der Waals surface area contributed by atoms with E-state index in [1.807, 2.05) is 0 Å². The van der Waals surface area contributed by atoms with Crippen molar-refractivity contribution < 1.29 is 28.0 Å². The van der Waals surface area contributed by atoms with Gasteiger partial charge < -0.3 is 18.8 Å². The van der Waals surface area contributed by atoms with Gasteiger partial charge in [0, 0.05) is 0 Å². The fraction of sp³-hybridized carbons (Fsp3) is 0.778. The Labute approximate surface area is 102 Å². The van der Waals surface area contributed by atoms with E-state index < -0.39 is 26.8 Å². The molecule has 8 heteroatoms. The van der Waals surface area contributed by atoms with Crippen molar-refractivity contribution in [2.45, 2.75) is 13.8 Å². The number of hydrogen-bond donors (Lipinski definition) is 2. The van der Waals surface area contributed by atoms with E-state index >= 15 is 0 Å². The minimum Gasteiger partial charge on any atom is -0.324 e. The molecule has 0 rings (SSSR count). The Bertz CT molecular complexity index is 311. The van der Waals surface area contributed by atoms with E-state index in [0.29, 0.717) is 0 Å². The normalized spacial score (nSPS) is 14.0. The van der Waals surface area contributed by atoms with Crippen LogP contribution in [0.4, 0.5) is 0 Å². The Balaban J connectivity index is 4.74. The van der Waals surface area contributed by atoms with E-state index in [2.05, 4.69) is 13.8 Å². The second-order valence-corrected chi connectivity index (χ2v) is 7.63. The summed E-state index contributed by atoms with van der Waals surface area (Å²) in [6, 6.07) is 0. The Morgan fingerprint density at radius 2 is 1.47 bits per heavy atom. The minimum absolute atomic E-state index is 0.184. The second-order valence-electron chi connectivity index (χ2n) is 3.93. The van der Waals surface area contributed by atoms with Gasteiger partial charge in [-0.3, -0.25) is 9.13 Å². The number of rotatable bonds is 8. The highest BCUT2D eigenvalue weighted by Crippen LogP contribution is 2.54. The van der Waals surface area contributed by atoms with E-state index in [1.165, 1.54) is 0 Å². The molecule has 0 heterocycles. The van der Waals surface area contributed by atoms with Crippen LogP contribution in [-0.4, -0.2) is 35.3 Å². The van der Waals surface area contributed by atoms with Gasteiger partial charge in [0.25, 0.3) is 0 Å². The quantitative estimate of drug-likeness (QED) is 0.664. The molecule has 0 aliphatic heterocycles. The fourth-order valence-corrected chi connectivity index (χ4v) is 4.56. The van der Waals surface area contributed by atoms with Crippen LogP contribution in [0.15, 0.2) is 0 Å². The lowest BCUT2D eigenvalue weighted by molar-refractivity contribution is 0.214. The Morgan fingerprint density at radius 1 is 1.06 bits per heavy atom. The van der Waals surface area contributed by atoms with Crippen LogP contribution in [-0.2, 0) is 18.2 Å². The van der Waals surface area contributed by atoms with E-state index in [1.54, 1.807) is 13.8 Å². The van der Waals surface area contributed by atoms with Gasteiger partial charge in [-0.1, -0.05) is 0 Å². The topological polar surface area (TPSA) is 93.1 Å². The molecular formula is C9H20O6P2. The van der Waals surface area contributed by atoms with E-state index in [0.717, 1.165) is 0 Å². The highest BCUT2D eigenvalue weighted by Gasteiger charge is 2.37. The predicted molar refractivity (Wildman–Crippen MR) is 65.8 cm³/mol. The maximum Gasteiger partial charge on any atom is 0.331 e. The molecule has 0 aromatic rings. The van der Waals surface area contributed by atoms with Gasteiger partial charge in [-0.2, -0.15) is 0 Å². The summed E-state index contributed by atoms with van der Waals surface area (Å²) >= 11 is 0. The van der Waals surface area contributed by atoms with E-state index in [-0.39, 0.29) is 19.4 Å². The maximum atomic E-state index is 12.1. The van der Waals surface area contributed by atoms with Crippen LogP contribution in [0.1, 0.15) is 13.8 Å². The number of hydrogen-bond acceptors (Lipinski definition) is 4. The Hall–Kier alpha value is 0.300. The average molecular weight is 286 g/mol. The summed E-state index contributed by atoms with van der Waals surface area (Å²) in [7, 11) is -7.66. The van der Waals surface area contributed by atoms with Crippen LogP contribution < -0.4 is 0 Å². The third-order valence-corrected chi connectivity index (χ3v) is 5.17. The monoisotopic (exact) mass is 286 g/mol. The fourth-order valence-electron chi connectivity index (χ4n) is 1.42. The molecule has 0 aromatic heterocycles. The lowest BCUT2D eigenvalue weighted by Crippen LogP contribution is -2.24. The van der Waals surface area contributed by atoms with Gasteiger partial charge in [0.1, 0.15) is 0 Å². The smallest absolute Gasteiger partial charge is 0.324 e. The molecule has 0 unspecified atom stereocenters. The zero-order valence-electron chi connectivity index (χ0n) is 10.2. The largest absolute Gasteiger partial charge is 0.331 e. The zero-order chi connectivity index (χ0) is 13.7. The molecule has 0 fully saturated rings. The van der Waals surface area contributed by atoms with Crippen LogP contribution in [0, 0.1) is 19.3 Å². The lowest BCUT2D eigenvalue weighted by atomic mass is 10.0. The van der Waals surface area contributed by atoms with Gasteiger partial charge in [0.05, 0.1) is 25.5 Å².